The van der Waals surface area contributed by atoms with E-state index in [4.69, 9.17) is 5.73 Å². The first-order valence-electron chi connectivity index (χ1n) is 7.31. The van der Waals surface area contributed by atoms with Crippen LogP contribution in [0.15, 0.2) is 28.7 Å². The van der Waals surface area contributed by atoms with Gasteiger partial charge in [-0.05, 0) is 56.3 Å². The fourth-order valence-electron chi connectivity index (χ4n) is 3.00. The first kappa shape index (κ1) is 15.0. The zero-order valence-corrected chi connectivity index (χ0v) is 13.6. The maximum atomic E-state index is 6.31. The molecule has 0 amide bonds. The van der Waals surface area contributed by atoms with Crippen molar-refractivity contribution < 1.29 is 0 Å². The second-order valence-electron chi connectivity index (χ2n) is 5.96. The zero-order chi connectivity index (χ0) is 13.8. The van der Waals surface area contributed by atoms with Crippen LogP contribution in [-0.2, 0) is 0 Å². The van der Waals surface area contributed by atoms with Gasteiger partial charge in [0.15, 0.2) is 0 Å². The number of likely N-dealkylation sites (tertiary alicyclic amines) is 1. The van der Waals surface area contributed by atoms with E-state index in [1.54, 1.807) is 0 Å². The second kappa shape index (κ2) is 6.87. The lowest BCUT2D eigenvalue weighted by Gasteiger charge is -2.37. The summed E-state index contributed by atoms with van der Waals surface area (Å²) < 4.78 is 1.11. The van der Waals surface area contributed by atoms with Crippen LogP contribution in [0.2, 0.25) is 0 Å². The lowest BCUT2D eigenvalue weighted by atomic mass is 9.93. The first-order chi connectivity index (χ1) is 9.06. The van der Waals surface area contributed by atoms with Crippen molar-refractivity contribution in [1.29, 1.82) is 0 Å². The molecule has 1 saturated heterocycles. The highest BCUT2D eigenvalue weighted by atomic mass is 79.9. The predicted octanol–water partition coefficient (Wildman–Crippen LogP) is 3.96. The highest BCUT2D eigenvalue weighted by Gasteiger charge is 2.22. The van der Waals surface area contributed by atoms with Gasteiger partial charge in [-0.15, -0.1) is 0 Å². The number of benzene rings is 1. The van der Waals surface area contributed by atoms with E-state index in [1.807, 2.05) is 6.07 Å². The minimum Gasteiger partial charge on any atom is -0.324 e. The van der Waals surface area contributed by atoms with Gasteiger partial charge in [0.05, 0.1) is 0 Å². The van der Waals surface area contributed by atoms with Crippen LogP contribution in [-0.4, -0.2) is 24.0 Å². The molecule has 0 aliphatic carbocycles. The number of nitrogens with zero attached hydrogens (tertiary/aromatic N) is 1. The molecule has 1 aliphatic heterocycles. The van der Waals surface area contributed by atoms with E-state index >= 15 is 0 Å². The van der Waals surface area contributed by atoms with Gasteiger partial charge in [0.2, 0.25) is 0 Å². The van der Waals surface area contributed by atoms with Gasteiger partial charge in [0.1, 0.15) is 0 Å². The smallest absolute Gasteiger partial charge is 0.0307 e. The van der Waals surface area contributed by atoms with Crippen molar-refractivity contribution in [2.75, 3.05) is 13.1 Å². The summed E-state index contributed by atoms with van der Waals surface area (Å²) in [6, 6.07) is 9.21. The minimum absolute atomic E-state index is 0.143. The number of rotatable bonds is 4. The number of piperidine rings is 1. The molecule has 3 unspecified atom stereocenters. The van der Waals surface area contributed by atoms with E-state index < -0.39 is 0 Å². The fraction of sp³-hybridized carbons (Fsp3) is 0.625. The summed E-state index contributed by atoms with van der Waals surface area (Å²) >= 11 is 3.51. The molecule has 1 aromatic carbocycles. The fourth-order valence-corrected chi connectivity index (χ4v) is 3.41. The molecular formula is C16H25BrN2. The van der Waals surface area contributed by atoms with Gasteiger partial charge in [0, 0.05) is 23.1 Å². The monoisotopic (exact) mass is 324 g/mol. The van der Waals surface area contributed by atoms with E-state index in [9.17, 15) is 0 Å². The van der Waals surface area contributed by atoms with Crippen LogP contribution in [0.5, 0.6) is 0 Å². The Morgan fingerprint density at radius 1 is 1.42 bits per heavy atom. The molecule has 1 fully saturated rings. The van der Waals surface area contributed by atoms with Crippen LogP contribution in [0.4, 0.5) is 0 Å². The van der Waals surface area contributed by atoms with Crippen molar-refractivity contribution in [3.05, 3.63) is 34.3 Å². The SMILES string of the molecule is CC1CCN(CCC(N)c2cccc(Br)c2)C(C)C1. The number of hydrogen-bond acceptors (Lipinski definition) is 2. The molecule has 1 aromatic rings. The summed E-state index contributed by atoms with van der Waals surface area (Å²) in [6.45, 7) is 7.05. The Morgan fingerprint density at radius 2 is 2.21 bits per heavy atom. The van der Waals surface area contributed by atoms with E-state index in [2.05, 4.69) is 52.9 Å². The van der Waals surface area contributed by atoms with Gasteiger partial charge < -0.3 is 10.6 Å². The molecule has 2 rings (SSSR count). The largest absolute Gasteiger partial charge is 0.324 e. The molecule has 0 radical (unpaired) electrons. The van der Waals surface area contributed by atoms with Crippen LogP contribution >= 0.6 is 15.9 Å². The summed E-state index contributed by atoms with van der Waals surface area (Å²) in [5.74, 6) is 0.880. The third-order valence-electron chi connectivity index (χ3n) is 4.28. The highest BCUT2D eigenvalue weighted by molar-refractivity contribution is 9.10. The molecule has 0 spiro atoms. The molecule has 2 nitrogen and oxygen atoms in total. The molecule has 0 bridgehead atoms. The summed E-state index contributed by atoms with van der Waals surface area (Å²) in [5, 5.41) is 0. The van der Waals surface area contributed by atoms with Crippen LogP contribution in [0.25, 0.3) is 0 Å². The Morgan fingerprint density at radius 3 is 2.89 bits per heavy atom. The Balaban J connectivity index is 1.85. The Kier molecular flexibility index (Phi) is 5.43. The van der Waals surface area contributed by atoms with Gasteiger partial charge in [-0.2, -0.15) is 0 Å². The van der Waals surface area contributed by atoms with E-state index in [-0.39, 0.29) is 6.04 Å². The topological polar surface area (TPSA) is 29.3 Å². The molecule has 3 atom stereocenters. The highest BCUT2D eigenvalue weighted by Crippen LogP contribution is 2.24. The standard InChI is InChI=1S/C16H25BrN2/c1-12-6-8-19(13(2)10-12)9-7-16(18)14-4-3-5-15(17)11-14/h3-5,11-13,16H,6-10,18H2,1-2H3. The molecular weight excluding hydrogens is 300 g/mol. The van der Waals surface area contributed by atoms with Gasteiger partial charge in [-0.1, -0.05) is 35.0 Å². The maximum Gasteiger partial charge on any atom is 0.0307 e. The summed E-state index contributed by atoms with van der Waals surface area (Å²) in [7, 11) is 0. The quantitative estimate of drug-likeness (QED) is 0.908. The summed E-state index contributed by atoms with van der Waals surface area (Å²) in [6.07, 6.45) is 3.69. The minimum atomic E-state index is 0.143. The Labute approximate surface area is 125 Å². The number of halogens is 1. The first-order valence-corrected chi connectivity index (χ1v) is 8.10. The molecule has 2 N–H and O–H groups in total. The molecule has 106 valence electrons. The van der Waals surface area contributed by atoms with Crippen LogP contribution in [0, 0.1) is 5.92 Å². The van der Waals surface area contributed by atoms with Crippen molar-refractivity contribution in [2.45, 2.75) is 45.2 Å². The van der Waals surface area contributed by atoms with Gasteiger partial charge in [-0.3, -0.25) is 0 Å². The normalized spacial score (nSPS) is 26.3. The van der Waals surface area contributed by atoms with Gasteiger partial charge >= 0.3 is 0 Å². The predicted molar refractivity (Wildman–Crippen MR) is 85.1 cm³/mol. The Bertz CT molecular complexity index is 407. The number of nitrogens with two attached hydrogens (primary N) is 1. The van der Waals surface area contributed by atoms with Gasteiger partial charge in [-0.25, -0.2) is 0 Å². The van der Waals surface area contributed by atoms with Crippen molar-refractivity contribution in [3.63, 3.8) is 0 Å². The van der Waals surface area contributed by atoms with Crippen molar-refractivity contribution in [2.24, 2.45) is 11.7 Å². The molecule has 0 aromatic heterocycles. The van der Waals surface area contributed by atoms with Crippen molar-refractivity contribution in [1.82, 2.24) is 4.90 Å². The average molecular weight is 325 g/mol. The van der Waals surface area contributed by atoms with Crippen molar-refractivity contribution in [3.8, 4) is 0 Å². The van der Waals surface area contributed by atoms with Gasteiger partial charge in [0.25, 0.3) is 0 Å². The molecule has 19 heavy (non-hydrogen) atoms. The lowest BCUT2D eigenvalue weighted by molar-refractivity contribution is 0.125. The molecule has 1 aliphatic rings. The van der Waals surface area contributed by atoms with Crippen LogP contribution < -0.4 is 5.73 Å². The average Bonchev–Trinajstić information content (AvgIpc) is 2.37. The van der Waals surface area contributed by atoms with Crippen LogP contribution in [0.3, 0.4) is 0 Å². The van der Waals surface area contributed by atoms with E-state index in [0.29, 0.717) is 6.04 Å². The zero-order valence-electron chi connectivity index (χ0n) is 12.0. The summed E-state index contributed by atoms with van der Waals surface area (Å²) in [5.41, 5.74) is 7.54. The Hall–Kier alpha value is -0.380. The lowest BCUT2D eigenvalue weighted by Crippen LogP contribution is -2.41. The summed E-state index contributed by atoms with van der Waals surface area (Å²) in [4.78, 5) is 2.60. The van der Waals surface area contributed by atoms with Crippen LogP contribution in [0.1, 0.15) is 44.7 Å². The number of hydrogen-bond donors (Lipinski definition) is 1. The second-order valence-corrected chi connectivity index (χ2v) is 6.88. The maximum absolute atomic E-state index is 6.31. The van der Waals surface area contributed by atoms with E-state index in [0.717, 1.165) is 23.4 Å². The van der Waals surface area contributed by atoms with Crippen molar-refractivity contribution >= 4 is 15.9 Å². The van der Waals surface area contributed by atoms with E-state index in [1.165, 1.54) is 24.9 Å². The molecule has 3 heteroatoms. The molecule has 1 heterocycles. The third kappa shape index (κ3) is 4.30. The molecule has 0 saturated carbocycles. The third-order valence-corrected chi connectivity index (χ3v) is 4.77.